The lowest BCUT2D eigenvalue weighted by atomic mass is 10.00. The van der Waals surface area contributed by atoms with E-state index in [0.29, 0.717) is 6.04 Å². The first-order chi connectivity index (χ1) is 10.0. The van der Waals surface area contributed by atoms with Gasteiger partial charge in [-0.3, -0.25) is 4.90 Å². The molecule has 0 saturated heterocycles. The van der Waals surface area contributed by atoms with Gasteiger partial charge in [0.15, 0.2) is 0 Å². The Kier molecular flexibility index (Phi) is 7.76. The lowest BCUT2D eigenvalue weighted by Crippen LogP contribution is -2.43. The fourth-order valence-corrected chi connectivity index (χ4v) is 2.66. The number of ether oxygens (including phenoxy) is 1. The number of nitrogens with zero attached hydrogens (tertiary/aromatic N) is 1. The zero-order valence-electron chi connectivity index (χ0n) is 14.2. The number of hydrogen-bond donors (Lipinski definition) is 1. The zero-order chi connectivity index (χ0) is 15.8. The maximum absolute atomic E-state index is 10.7. The van der Waals surface area contributed by atoms with Gasteiger partial charge >= 0.3 is 0 Å². The van der Waals surface area contributed by atoms with E-state index in [1.54, 1.807) is 7.11 Å². The molecule has 3 heteroatoms. The molecular formula is C18H31NO2. The summed E-state index contributed by atoms with van der Waals surface area (Å²) in [6.45, 7) is 9.82. The van der Waals surface area contributed by atoms with Crippen LogP contribution in [0.3, 0.4) is 0 Å². The van der Waals surface area contributed by atoms with Crippen LogP contribution in [-0.2, 0) is 0 Å². The second-order valence-corrected chi connectivity index (χ2v) is 5.81. The molecule has 1 rings (SSSR count). The van der Waals surface area contributed by atoms with Crippen molar-refractivity contribution in [1.82, 2.24) is 4.90 Å². The monoisotopic (exact) mass is 293 g/mol. The summed E-state index contributed by atoms with van der Waals surface area (Å²) in [6.07, 6.45) is 2.98. The summed E-state index contributed by atoms with van der Waals surface area (Å²) in [7, 11) is 1.66. The van der Waals surface area contributed by atoms with E-state index in [-0.39, 0.29) is 6.04 Å². The van der Waals surface area contributed by atoms with Gasteiger partial charge in [-0.25, -0.2) is 0 Å². The first kappa shape index (κ1) is 18.0. The van der Waals surface area contributed by atoms with E-state index >= 15 is 0 Å². The Morgan fingerprint density at radius 1 is 1.14 bits per heavy atom. The molecular weight excluding hydrogens is 262 g/mol. The van der Waals surface area contributed by atoms with Crippen molar-refractivity contribution >= 4 is 0 Å². The van der Waals surface area contributed by atoms with E-state index in [1.807, 2.05) is 24.3 Å². The largest absolute Gasteiger partial charge is 0.497 e. The molecule has 0 saturated carbocycles. The number of unbranched alkanes of at least 4 members (excludes halogenated alkanes) is 1. The van der Waals surface area contributed by atoms with E-state index in [0.717, 1.165) is 24.3 Å². The van der Waals surface area contributed by atoms with Crippen molar-refractivity contribution in [2.75, 3.05) is 13.7 Å². The molecule has 0 heterocycles. The van der Waals surface area contributed by atoms with Gasteiger partial charge in [0.1, 0.15) is 5.75 Å². The van der Waals surface area contributed by atoms with Crippen LogP contribution < -0.4 is 4.74 Å². The highest BCUT2D eigenvalue weighted by Crippen LogP contribution is 2.25. The highest BCUT2D eigenvalue weighted by atomic mass is 16.5. The van der Waals surface area contributed by atoms with Crippen molar-refractivity contribution in [3.05, 3.63) is 29.8 Å². The molecule has 0 aromatic heterocycles. The molecule has 0 aliphatic carbocycles. The molecule has 0 amide bonds. The molecule has 1 aromatic rings. The van der Waals surface area contributed by atoms with Gasteiger partial charge in [-0.1, -0.05) is 32.4 Å². The maximum atomic E-state index is 10.7. The lowest BCUT2D eigenvalue weighted by Gasteiger charge is -2.37. The molecule has 0 spiro atoms. The van der Waals surface area contributed by atoms with Crippen LogP contribution in [0.2, 0.25) is 0 Å². The summed E-state index contributed by atoms with van der Waals surface area (Å²) in [5, 5.41) is 10.7. The normalized spacial score (nSPS) is 15.8. The van der Waals surface area contributed by atoms with Crippen LogP contribution in [0.4, 0.5) is 0 Å². The number of benzene rings is 1. The summed E-state index contributed by atoms with van der Waals surface area (Å²) in [4.78, 5) is 2.43. The molecule has 1 aromatic carbocycles. The van der Waals surface area contributed by atoms with Crippen molar-refractivity contribution in [3.63, 3.8) is 0 Å². The van der Waals surface area contributed by atoms with E-state index in [2.05, 4.69) is 32.6 Å². The van der Waals surface area contributed by atoms with Crippen LogP contribution >= 0.6 is 0 Å². The van der Waals surface area contributed by atoms with E-state index in [1.165, 1.54) is 12.8 Å². The number of rotatable bonds is 9. The number of aliphatic hydroxyl groups is 1. The summed E-state index contributed by atoms with van der Waals surface area (Å²) < 4.78 is 5.17. The summed E-state index contributed by atoms with van der Waals surface area (Å²) in [5.41, 5.74) is 0.952. The van der Waals surface area contributed by atoms with Crippen LogP contribution in [0.1, 0.15) is 58.6 Å². The quantitative estimate of drug-likeness (QED) is 0.746. The standard InChI is InChI=1S/C18H31NO2/c1-6-8-13-19(14(3)7-2)15(4)18(20)16-9-11-17(21-5)12-10-16/h9-12,14-15,18,20H,6-8,13H2,1-5H3. The highest BCUT2D eigenvalue weighted by Gasteiger charge is 2.25. The third-order valence-electron chi connectivity index (χ3n) is 4.36. The second kappa shape index (κ2) is 9.06. The Labute approximate surface area is 129 Å². The van der Waals surface area contributed by atoms with Gasteiger partial charge in [0, 0.05) is 12.1 Å². The van der Waals surface area contributed by atoms with E-state index in [9.17, 15) is 5.11 Å². The Hall–Kier alpha value is -1.06. The van der Waals surface area contributed by atoms with Crippen LogP contribution in [-0.4, -0.2) is 35.7 Å². The molecule has 0 fully saturated rings. The maximum Gasteiger partial charge on any atom is 0.118 e. The van der Waals surface area contributed by atoms with Crippen LogP contribution in [0.5, 0.6) is 5.75 Å². The molecule has 0 aliphatic heterocycles. The number of hydrogen-bond acceptors (Lipinski definition) is 3. The SMILES string of the molecule is CCCCN(C(C)CC)C(C)C(O)c1ccc(OC)cc1. The van der Waals surface area contributed by atoms with E-state index < -0.39 is 6.10 Å². The van der Waals surface area contributed by atoms with Crippen molar-refractivity contribution in [2.45, 2.75) is 65.1 Å². The summed E-state index contributed by atoms with van der Waals surface area (Å²) >= 11 is 0. The van der Waals surface area contributed by atoms with Crippen LogP contribution in [0.15, 0.2) is 24.3 Å². The minimum Gasteiger partial charge on any atom is -0.497 e. The molecule has 120 valence electrons. The first-order valence-electron chi connectivity index (χ1n) is 8.12. The third-order valence-corrected chi connectivity index (χ3v) is 4.36. The van der Waals surface area contributed by atoms with Gasteiger partial charge in [0.25, 0.3) is 0 Å². The highest BCUT2D eigenvalue weighted by molar-refractivity contribution is 5.29. The molecule has 0 bridgehead atoms. The number of aliphatic hydroxyl groups excluding tert-OH is 1. The Balaban J connectivity index is 2.81. The molecule has 3 atom stereocenters. The number of methoxy groups -OCH3 is 1. The van der Waals surface area contributed by atoms with Gasteiger partial charge in [0.2, 0.25) is 0 Å². The Morgan fingerprint density at radius 2 is 1.76 bits per heavy atom. The smallest absolute Gasteiger partial charge is 0.118 e. The molecule has 3 nitrogen and oxygen atoms in total. The minimum absolute atomic E-state index is 0.111. The fraction of sp³-hybridized carbons (Fsp3) is 0.667. The predicted molar refractivity (Wildman–Crippen MR) is 88.8 cm³/mol. The Bertz CT molecular complexity index is 391. The average Bonchev–Trinajstić information content (AvgIpc) is 2.53. The topological polar surface area (TPSA) is 32.7 Å². The molecule has 0 radical (unpaired) electrons. The van der Waals surface area contributed by atoms with Gasteiger partial charge < -0.3 is 9.84 Å². The van der Waals surface area contributed by atoms with Gasteiger partial charge in [-0.05, 0) is 50.9 Å². The molecule has 1 N–H and O–H groups in total. The van der Waals surface area contributed by atoms with Crippen molar-refractivity contribution < 1.29 is 9.84 Å². The molecule has 21 heavy (non-hydrogen) atoms. The third kappa shape index (κ3) is 5.01. The minimum atomic E-state index is -0.471. The van der Waals surface area contributed by atoms with Gasteiger partial charge in [-0.2, -0.15) is 0 Å². The fourth-order valence-electron chi connectivity index (χ4n) is 2.66. The average molecular weight is 293 g/mol. The van der Waals surface area contributed by atoms with Crippen LogP contribution in [0, 0.1) is 0 Å². The van der Waals surface area contributed by atoms with Crippen molar-refractivity contribution in [2.24, 2.45) is 0 Å². The summed E-state index contributed by atoms with van der Waals surface area (Å²) in [6, 6.07) is 8.32. The lowest BCUT2D eigenvalue weighted by molar-refractivity contribution is 0.0340. The Morgan fingerprint density at radius 3 is 2.24 bits per heavy atom. The van der Waals surface area contributed by atoms with Crippen molar-refractivity contribution in [1.29, 1.82) is 0 Å². The molecule has 0 aliphatic rings. The van der Waals surface area contributed by atoms with Gasteiger partial charge in [0.05, 0.1) is 13.2 Å². The molecule has 3 unspecified atom stereocenters. The first-order valence-corrected chi connectivity index (χ1v) is 8.12. The second-order valence-electron chi connectivity index (χ2n) is 5.81. The van der Waals surface area contributed by atoms with E-state index in [4.69, 9.17) is 4.74 Å². The van der Waals surface area contributed by atoms with Crippen molar-refractivity contribution in [3.8, 4) is 5.75 Å². The predicted octanol–water partition coefficient (Wildman–Crippen LogP) is 4.02. The zero-order valence-corrected chi connectivity index (χ0v) is 14.2. The van der Waals surface area contributed by atoms with Gasteiger partial charge in [-0.15, -0.1) is 0 Å². The van der Waals surface area contributed by atoms with Crippen LogP contribution in [0.25, 0.3) is 0 Å². The summed E-state index contributed by atoms with van der Waals surface area (Å²) in [5.74, 6) is 0.823.